The zero-order valence-electron chi connectivity index (χ0n) is 24.1. The van der Waals surface area contributed by atoms with Gasteiger partial charge in [0.15, 0.2) is 8.67 Å². The number of thiocarbonyl (C=S) groups is 2. The van der Waals surface area contributed by atoms with Gasteiger partial charge in [-0.25, -0.2) is 16.8 Å². The molecule has 4 aromatic rings. The Kier molecular flexibility index (Phi) is 13.0. The van der Waals surface area contributed by atoms with Crippen LogP contribution < -0.4 is 20.1 Å². The minimum absolute atomic E-state index is 0.142. The van der Waals surface area contributed by atoms with Crippen molar-refractivity contribution in [3.05, 3.63) is 130 Å². The molecule has 2 atom stereocenters. The summed E-state index contributed by atoms with van der Waals surface area (Å²) >= 11 is 50.2. The molecule has 0 saturated carbocycles. The average Bonchev–Trinajstić information content (AvgIpc) is 3.05. The minimum Gasteiger partial charge on any atom is -0.355 e. The third-order valence-electron chi connectivity index (χ3n) is 6.59. The summed E-state index contributed by atoms with van der Waals surface area (Å²) < 4.78 is 54.7. The van der Waals surface area contributed by atoms with Crippen molar-refractivity contribution < 1.29 is 16.8 Å². The van der Waals surface area contributed by atoms with E-state index in [1.54, 1.807) is 60.7 Å². The lowest BCUT2D eigenvalue weighted by Crippen LogP contribution is -2.61. The molecule has 2 unspecified atom stereocenters. The summed E-state index contributed by atoms with van der Waals surface area (Å²) in [5.74, 6) is 0. The van der Waals surface area contributed by atoms with Gasteiger partial charge < -0.3 is 10.6 Å². The molecule has 4 rings (SSSR count). The summed E-state index contributed by atoms with van der Waals surface area (Å²) in [5, 5.41) is 6.16. The second kappa shape index (κ2) is 16.1. The van der Waals surface area contributed by atoms with Gasteiger partial charge in [0.25, 0.3) is 0 Å². The van der Waals surface area contributed by atoms with E-state index in [1.807, 2.05) is 0 Å². The van der Waals surface area contributed by atoms with E-state index < -0.39 is 41.0 Å². The van der Waals surface area contributed by atoms with Crippen molar-refractivity contribution in [1.29, 1.82) is 0 Å². The predicted octanol–water partition coefficient (Wildman–Crippen LogP) is 7.40. The molecule has 48 heavy (non-hydrogen) atoms. The van der Waals surface area contributed by atoms with Crippen LogP contribution in [0.15, 0.2) is 119 Å². The van der Waals surface area contributed by atoms with Crippen LogP contribution in [0.25, 0.3) is 0 Å². The number of hydrogen-bond donors (Lipinski definition) is 4. The number of rotatable bonds is 12. The fourth-order valence-electron chi connectivity index (χ4n) is 4.11. The molecule has 4 N–H and O–H groups in total. The standard InChI is InChI=1S/C30H24Cl6N4O4S4/c31-21-11-15-23(16-12-21)47(41,42)39-27(29(33,34)19-7-3-1-4-8-19)37-25(45)26(46)38-28(30(35,36)20-9-5-2-6-10-20)40-48(43,44)24-17-13-22(32)14-18-24/h1-18,27-28,39-40H,(H,37,45)(H,38,46). The predicted molar refractivity (Wildman–Crippen MR) is 202 cm³/mol. The maximum Gasteiger partial charge on any atom is 0.242 e. The quantitative estimate of drug-likeness (QED) is 0.0663. The van der Waals surface area contributed by atoms with Crippen molar-refractivity contribution in [2.75, 3.05) is 0 Å². The maximum absolute atomic E-state index is 13.4. The summed E-state index contributed by atoms with van der Waals surface area (Å²) in [4.78, 5) is -0.862. The van der Waals surface area contributed by atoms with Gasteiger partial charge in [-0.05, 0) is 59.7 Å². The molecule has 0 aliphatic carbocycles. The Bertz CT molecular complexity index is 1830. The van der Waals surface area contributed by atoms with Gasteiger partial charge in [-0.3, -0.25) is 0 Å². The SMILES string of the molecule is O=S(=O)(NC(NC(=S)C(=S)NC(NS(=O)(=O)c1ccc(Cl)cc1)C(Cl)(Cl)c1ccccc1)C(Cl)(Cl)c1ccccc1)c1ccc(Cl)cc1. The van der Waals surface area contributed by atoms with Crippen LogP contribution in [0.4, 0.5) is 0 Å². The number of alkyl halides is 4. The van der Waals surface area contributed by atoms with Crippen LogP contribution in [0.1, 0.15) is 11.1 Å². The van der Waals surface area contributed by atoms with Gasteiger partial charge in [-0.1, -0.05) is 155 Å². The molecule has 0 amide bonds. The van der Waals surface area contributed by atoms with Gasteiger partial charge in [0.2, 0.25) is 20.0 Å². The van der Waals surface area contributed by atoms with Crippen LogP contribution in [-0.2, 0) is 28.7 Å². The van der Waals surface area contributed by atoms with Crippen LogP contribution >= 0.6 is 94.0 Å². The highest BCUT2D eigenvalue weighted by Crippen LogP contribution is 2.38. The molecule has 0 fully saturated rings. The fourth-order valence-corrected chi connectivity index (χ4v) is 8.27. The molecule has 0 aliphatic heterocycles. The molecule has 0 bridgehead atoms. The highest BCUT2D eigenvalue weighted by Gasteiger charge is 2.43. The fraction of sp³-hybridized carbons (Fsp3) is 0.133. The number of nitrogens with one attached hydrogen (secondary N) is 4. The molecule has 0 aromatic heterocycles. The topological polar surface area (TPSA) is 116 Å². The Morgan fingerprint density at radius 3 is 1.10 bits per heavy atom. The second-order valence-electron chi connectivity index (χ2n) is 9.94. The zero-order chi connectivity index (χ0) is 35.3. The van der Waals surface area contributed by atoms with E-state index in [-0.39, 0.29) is 19.8 Å². The van der Waals surface area contributed by atoms with E-state index in [0.29, 0.717) is 21.2 Å². The van der Waals surface area contributed by atoms with Crippen molar-refractivity contribution in [1.82, 2.24) is 20.1 Å². The minimum atomic E-state index is -4.29. The third-order valence-corrected chi connectivity index (χ3v) is 12.5. The van der Waals surface area contributed by atoms with Crippen molar-refractivity contribution in [3.63, 3.8) is 0 Å². The Labute approximate surface area is 319 Å². The van der Waals surface area contributed by atoms with Crippen LogP contribution in [0.3, 0.4) is 0 Å². The Morgan fingerprint density at radius 1 is 0.521 bits per heavy atom. The molecule has 0 spiro atoms. The second-order valence-corrected chi connectivity index (χ2v) is 17.8. The summed E-state index contributed by atoms with van der Waals surface area (Å²) in [6.07, 6.45) is -3.07. The van der Waals surface area contributed by atoms with Crippen LogP contribution in [0.5, 0.6) is 0 Å². The Balaban J connectivity index is 1.67. The zero-order valence-corrected chi connectivity index (χ0v) is 31.9. The number of sulfonamides is 2. The summed E-state index contributed by atoms with van der Waals surface area (Å²) in [6, 6.07) is 27.2. The van der Waals surface area contributed by atoms with E-state index in [9.17, 15) is 16.8 Å². The number of halogens is 6. The summed E-state index contributed by atoms with van der Waals surface area (Å²) in [6.45, 7) is 0. The Hall–Kier alpha value is -1.78. The first-order valence-corrected chi connectivity index (χ1v) is 19.5. The monoisotopic (exact) mass is 842 g/mol. The van der Waals surface area contributed by atoms with E-state index in [0.717, 1.165) is 0 Å². The third kappa shape index (κ3) is 9.71. The molecule has 0 saturated heterocycles. The molecular weight excluding hydrogens is 821 g/mol. The van der Waals surface area contributed by atoms with Gasteiger partial charge >= 0.3 is 0 Å². The van der Waals surface area contributed by atoms with Crippen molar-refractivity contribution in [2.45, 2.75) is 30.8 Å². The lowest BCUT2D eigenvalue weighted by Gasteiger charge is -2.34. The normalized spacial score (nSPS) is 13.7. The molecule has 0 aliphatic rings. The molecule has 0 heterocycles. The van der Waals surface area contributed by atoms with Crippen LogP contribution in [0.2, 0.25) is 10.0 Å². The number of hydrogen-bond acceptors (Lipinski definition) is 6. The number of benzene rings is 4. The van der Waals surface area contributed by atoms with Gasteiger partial charge in [0, 0.05) is 10.0 Å². The van der Waals surface area contributed by atoms with Gasteiger partial charge in [0.05, 0.1) is 9.79 Å². The molecule has 254 valence electrons. The molecule has 4 aromatic carbocycles. The lowest BCUT2D eigenvalue weighted by atomic mass is 10.1. The first-order chi connectivity index (χ1) is 22.4. The Morgan fingerprint density at radius 2 is 0.812 bits per heavy atom. The van der Waals surface area contributed by atoms with Crippen LogP contribution in [0, 0.1) is 0 Å². The first kappa shape index (κ1) is 39.0. The van der Waals surface area contributed by atoms with Crippen LogP contribution in [-0.4, -0.2) is 39.1 Å². The molecule has 18 heteroatoms. The summed E-state index contributed by atoms with van der Waals surface area (Å²) in [7, 11) is -8.57. The smallest absolute Gasteiger partial charge is 0.242 e. The van der Waals surface area contributed by atoms with Gasteiger partial charge in [-0.15, -0.1) is 0 Å². The average molecular weight is 846 g/mol. The van der Waals surface area contributed by atoms with Gasteiger partial charge in [-0.2, -0.15) is 9.44 Å². The molecule has 8 nitrogen and oxygen atoms in total. The van der Waals surface area contributed by atoms with E-state index >= 15 is 0 Å². The van der Waals surface area contributed by atoms with E-state index in [4.69, 9.17) is 94.0 Å². The highest BCUT2D eigenvalue weighted by atomic mass is 35.5. The molecule has 0 radical (unpaired) electrons. The lowest BCUT2D eigenvalue weighted by molar-refractivity contribution is 0.493. The van der Waals surface area contributed by atoms with Crippen molar-refractivity contribution in [3.8, 4) is 0 Å². The highest BCUT2D eigenvalue weighted by molar-refractivity contribution is 7.90. The first-order valence-electron chi connectivity index (χ1n) is 13.5. The van der Waals surface area contributed by atoms with E-state index in [1.165, 1.54) is 48.5 Å². The largest absolute Gasteiger partial charge is 0.355 e. The van der Waals surface area contributed by atoms with Crippen molar-refractivity contribution >= 4 is 124 Å². The maximum atomic E-state index is 13.4. The molecular formula is C30H24Cl6N4O4S4. The van der Waals surface area contributed by atoms with Gasteiger partial charge in [0.1, 0.15) is 22.3 Å². The van der Waals surface area contributed by atoms with E-state index in [2.05, 4.69) is 20.1 Å². The van der Waals surface area contributed by atoms with Crippen molar-refractivity contribution in [2.24, 2.45) is 0 Å². The summed E-state index contributed by atoms with van der Waals surface area (Å²) in [5.41, 5.74) is 0.619.